The molecular formula is C19H18ClN3OS. The minimum Gasteiger partial charge on any atom is -0.345 e. The number of amides is 1. The summed E-state index contributed by atoms with van der Waals surface area (Å²) in [6.45, 7) is 4.99. The van der Waals surface area contributed by atoms with Gasteiger partial charge in [0.05, 0.1) is 9.72 Å². The molecule has 0 radical (unpaired) electrons. The lowest BCUT2D eigenvalue weighted by Gasteiger charge is -2.34. The zero-order valence-corrected chi connectivity index (χ0v) is 15.5. The standard InChI is InChI=1S/C19H18ClN3OS/c1-13-4-2-5-14(12-13)18(24)22-8-10-23(11-9-22)19-21-17-15(20)6-3-7-16(17)25-19/h2-7,12H,8-11H2,1H3. The Morgan fingerprint density at radius 1 is 1.12 bits per heavy atom. The molecule has 0 aliphatic carbocycles. The van der Waals surface area contributed by atoms with Gasteiger partial charge in [0.25, 0.3) is 5.91 Å². The Morgan fingerprint density at radius 3 is 2.60 bits per heavy atom. The number of nitrogens with zero attached hydrogens (tertiary/aromatic N) is 3. The van der Waals surface area contributed by atoms with Gasteiger partial charge in [-0.2, -0.15) is 0 Å². The number of anilines is 1. The highest BCUT2D eigenvalue weighted by Gasteiger charge is 2.24. The maximum absolute atomic E-state index is 12.7. The van der Waals surface area contributed by atoms with Crippen molar-refractivity contribution in [1.29, 1.82) is 0 Å². The molecule has 0 saturated carbocycles. The molecule has 1 aromatic heterocycles. The number of hydrogen-bond acceptors (Lipinski definition) is 4. The number of piperazine rings is 1. The van der Waals surface area contributed by atoms with Gasteiger partial charge in [-0.05, 0) is 31.2 Å². The molecule has 0 bridgehead atoms. The molecule has 2 aromatic carbocycles. The monoisotopic (exact) mass is 371 g/mol. The van der Waals surface area contributed by atoms with Crippen molar-refractivity contribution < 1.29 is 4.79 Å². The van der Waals surface area contributed by atoms with Crippen LogP contribution in [0.1, 0.15) is 15.9 Å². The number of rotatable bonds is 2. The second-order valence-electron chi connectivity index (χ2n) is 6.23. The van der Waals surface area contributed by atoms with E-state index in [1.807, 2.05) is 54.3 Å². The first-order valence-electron chi connectivity index (χ1n) is 8.28. The van der Waals surface area contributed by atoms with E-state index in [2.05, 4.69) is 9.88 Å². The summed E-state index contributed by atoms with van der Waals surface area (Å²) in [5.74, 6) is 0.107. The van der Waals surface area contributed by atoms with Crippen molar-refractivity contribution in [3.8, 4) is 0 Å². The van der Waals surface area contributed by atoms with Crippen molar-refractivity contribution in [2.75, 3.05) is 31.1 Å². The van der Waals surface area contributed by atoms with Crippen molar-refractivity contribution >= 4 is 44.2 Å². The number of carbonyl (C=O) groups is 1. The van der Waals surface area contributed by atoms with E-state index in [0.29, 0.717) is 18.1 Å². The third-order valence-corrected chi connectivity index (χ3v) is 5.85. The van der Waals surface area contributed by atoms with Gasteiger partial charge in [-0.3, -0.25) is 4.79 Å². The molecule has 2 heterocycles. The Balaban J connectivity index is 1.47. The highest BCUT2D eigenvalue weighted by atomic mass is 35.5. The van der Waals surface area contributed by atoms with Gasteiger partial charge in [0, 0.05) is 31.7 Å². The Hall–Kier alpha value is -2.11. The zero-order valence-electron chi connectivity index (χ0n) is 13.9. The number of aryl methyl sites for hydroxylation is 1. The van der Waals surface area contributed by atoms with Crippen LogP contribution in [0.15, 0.2) is 42.5 Å². The Morgan fingerprint density at radius 2 is 1.88 bits per heavy atom. The molecule has 1 aliphatic rings. The fourth-order valence-corrected chi connectivity index (χ4v) is 4.42. The molecule has 128 valence electrons. The van der Waals surface area contributed by atoms with Crippen molar-refractivity contribution in [1.82, 2.24) is 9.88 Å². The average Bonchev–Trinajstić information content (AvgIpc) is 3.07. The molecule has 4 rings (SSSR count). The fraction of sp³-hybridized carbons (Fsp3) is 0.263. The maximum Gasteiger partial charge on any atom is 0.253 e. The van der Waals surface area contributed by atoms with Crippen LogP contribution < -0.4 is 4.90 Å². The number of para-hydroxylation sites is 1. The summed E-state index contributed by atoms with van der Waals surface area (Å²) in [7, 11) is 0. The van der Waals surface area contributed by atoms with E-state index in [1.54, 1.807) is 11.3 Å². The smallest absolute Gasteiger partial charge is 0.253 e. The summed E-state index contributed by atoms with van der Waals surface area (Å²) in [6, 6.07) is 13.6. The Bertz CT molecular complexity index is 931. The SMILES string of the molecule is Cc1cccc(C(=O)N2CCN(c3nc4c(Cl)cccc4s3)CC2)c1. The van der Waals surface area contributed by atoms with E-state index in [0.717, 1.165) is 39.6 Å². The summed E-state index contributed by atoms with van der Waals surface area (Å²) in [5.41, 5.74) is 2.73. The number of hydrogen-bond donors (Lipinski definition) is 0. The third-order valence-electron chi connectivity index (χ3n) is 4.46. The molecule has 1 fully saturated rings. The van der Waals surface area contributed by atoms with E-state index in [9.17, 15) is 4.79 Å². The van der Waals surface area contributed by atoms with Crippen LogP contribution in [-0.2, 0) is 0 Å². The Labute approximate surface area is 155 Å². The molecule has 0 unspecified atom stereocenters. The van der Waals surface area contributed by atoms with E-state index in [4.69, 9.17) is 11.6 Å². The molecule has 0 N–H and O–H groups in total. The van der Waals surface area contributed by atoms with Crippen LogP contribution in [0, 0.1) is 6.92 Å². The summed E-state index contributed by atoms with van der Waals surface area (Å²) < 4.78 is 1.10. The highest BCUT2D eigenvalue weighted by molar-refractivity contribution is 7.22. The molecule has 1 amide bonds. The topological polar surface area (TPSA) is 36.4 Å². The number of fused-ring (bicyclic) bond motifs is 1. The van der Waals surface area contributed by atoms with Gasteiger partial charge in [-0.15, -0.1) is 0 Å². The summed E-state index contributed by atoms with van der Waals surface area (Å²) in [5, 5.41) is 1.67. The van der Waals surface area contributed by atoms with Crippen LogP contribution in [0.3, 0.4) is 0 Å². The second-order valence-corrected chi connectivity index (χ2v) is 7.65. The van der Waals surface area contributed by atoms with Gasteiger partial charge in [0.1, 0.15) is 5.52 Å². The van der Waals surface area contributed by atoms with Gasteiger partial charge in [0.15, 0.2) is 5.13 Å². The number of halogens is 1. The molecule has 0 atom stereocenters. The third kappa shape index (κ3) is 3.22. The first-order valence-corrected chi connectivity index (χ1v) is 9.47. The summed E-state index contributed by atoms with van der Waals surface area (Å²) in [6.07, 6.45) is 0. The normalized spacial score (nSPS) is 15.0. The lowest BCUT2D eigenvalue weighted by molar-refractivity contribution is 0.0746. The number of benzene rings is 2. The van der Waals surface area contributed by atoms with E-state index < -0.39 is 0 Å². The highest BCUT2D eigenvalue weighted by Crippen LogP contribution is 2.33. The van der Waals surface area contributed by atoms with Crippen LogP contribution in [0.25, 0.3) is 10.2 Å². The van der Waals surface area contributed by atoms with Crippen LogP contribution in [-0.4, -0.2) is 42.0 Å². The minimum absolute atomic E-state index is 0.107. The molecule has 1 aliphatic heterocycles. The lowest BCUT2D eigenvalue weighted by atomic mass is 10.1. The van der Waals surface area contributed by atoms with Crippen LogP contribution in [0.5, 0.6) is 0 Å². The molecule has 25 heavy (non-hydrogen) atoms. The Kier molecular flexibility index (Phi) is 4.36. The molecule has 3 aromatic rings. The van der Waals surface area contributed by atoms with Crippen molar-refractivity contribution in [2.45, 2.75) is 6.92 Å². The van der Waals surface area contributed by atoms with Gasteiger partial charge >= 0.3 is 0 Å². The predicted molar refractivity (Wildman–Crippen MR) is 104 cm³/mol. The first kappa shape index (κ1) is 16.4. The minimum atomic E-state index is 0.107. The molecule has 1 saturated heterocycles. The number of thiazole rings is 1. The van der Waals surface area contributed by atoms with Gasteiger partial charge in [-0.1, -0.05) is 46.7 Å². The largest absolute Gasteiger partial charge is 0.345 e. The van der Waals surface area contributed by atoms with Crippen LogP contribution in [0.2, 0.25) is 5.02 Å². The molecular weight excluding hydrogens is 354 g/mol. The lowest BCUT2D eigenvalue weighted by Crippen LogP contribution is -2.48. The first-order chi connectivity index (χ1) is 12.1. The van der Waals surface area contributed by atoms with E-state index >= 15 is 0 Å². The molecule has 4 nitrogen and oxygen atoms in total. The maximum atomic E-state index is 12.7. The van der Waals surface area contributed by atoms with Gasteiger partial charge < -0.3 is 9.80 Å². The molecule has 6 heteroatoms. The van der Waals surface area contributed by atoms with Gasteiger partial charge in [-0.25, -0.2) is 4.98 Å². The van der Waals surface area contributed by atoms with Crippen molar-refractivity contribution in [3.63, 3.8) is 0 Å². The quantitative estimate of drug-likeness (QED) is 0.676. The number of aromatic nitrogens is 1. The average molecular weight is 372 g/mol. The fourth-order valence-electron chi connectivity index (χ4n) is 3.10. The van der Waals surface area contributed by atoms with Crippen molar-refractivity contribution in [2.24, 2.45) is 0 Å². The van der Waals surface area contributed by atoms with Crippen LogP contribution >= 0.6 is 22.9 Å². The molecule has 0 spiro atoms. The van der Waals surface area contributed by atoms with E-state index in [-0.39, 0.29) is 5.91 Å². The summed E-state index contributed by atoms with van der Waals surface area (Å²) >= 11 is 7.88. The zero-order chi connectivity index (χ0) is 17.4. The second kappa shape index (κ2) is 6.65. The van der Waals surface area contributed by atoms with Crippen LogP contribution in [0.4, 0.5) is 5.13 Å². The number of carbonyl (C=O) groups excluding carboxylic acids is 1. The predicted octanol–water partition coefficient (Wildman–Crippen LogP) is 4.22. The van der Waals surface area contributed by atoms with Gasteiger partial charge in [0.2, 0.25) is 0 Å². The van der Waals surface area contributed by atoms with Crippen molar-refractivity contribution in [3.05, 3.63) is 58.6 Å². The summed E-state index contributed by atoms with van der Waals surface area (Å²) in [4.78, 5) is 21.5. The van der Waals surface area contributed by atoms with E-state index in [1.165, 1.54) is 0 Å².